The molecule has 3 aromatic carbocycles. The fraction of sp³-hybridized carbons (Fsp3) is 0.360. The van der Waals surface area contributed by atoms with Gasteiger partial charge in [-0.15, -0.1) is 0 Å². The van der Waals surface area contributed by atoms with E-state index < -0.39 is 0 Å². The second-order valence-corrected chi connectivity index (χ2v) is 7.71. The van der Waals surface area contributed by atoms with Gasteiger partial charge in [0.05, 0.1) is 6.61 Å². The van der Waals surface area contributed by atoms with Crippen LogP contribution in [-0.4, -0.2) is 31.1 Å². The molecule has 0 radical (unpaired) electrons. The molecule has 0 bridgehead atoms. The van der Waals surface area contributed by atoms with Gasteiger partial charge < -0.3 is 9.64 Å². The molecule has 0 amide bonds. The van der Waals surface area contributed by atoms with Crippen molar-refractivity contribution in [3.63, 3.8) is 0 Å². The molecule has 0 aromatic heterocycles. The van der Waals surface area contributed by atoms with E-state index in [-0.39, 0.29) is 0 Å². The minimum atomic E-state index is 0.679. The number of nitrogens with zero attached hydrogens (tertiary/aromatic N) is 1. The Morgan fingerprint density at radius 1 is 0.926 bits per heavy atom. The van der Waals surface area contributed by atoms with Crippen molar-refractivity contribution in [3.05, 3.63) is 77.9 Å². The van der Waals surface area contributed by atoms with E-state index in [1.165, 1.54) is 41.3 Å². The van der Waals surface area contributed by atoms with Gasteiger partial charge in [-0.05, 0) is 79.7 Å². The number of fused-ring (bicyclic) bond motifs is 1. The maximum atomic E-state index is 6.32. The molecule has 2 nitrogen and oxygen atoms in total. The molecule has 0 saturated carbocycles. The van der Waals surface area contributed by atoms with Crippen LogP contribution in [0, 0.1) is 0 Å². The van der Waals surface area contributed by atoms with Crippen LogP contribution in [0.25, 0.3) is 10.8 Å². The maximum Gasteiger partial charge on any atom is 0.123 e. The minimum absolute atomic E-state index is 0.679. The molecular formula is C25H29NO. The summed E-state index contributed by atoms with van der Waals surface area (Å²) in [6.45, 7) is 2.02. The highest BCUT2D eigenvalue weighted by molar-refractivity contribution is 5.85. The van der Waals surface area contributed by atoms with Crippen molar-refractivity contribution in [2.75, 3.05) is 20.2 Å². The predicted octanol–water partition coefficient (Wildman–Crippen LogP) is 5.49. The molecule has 1 aliphatic rings. The maximum absolute atomic E-state index is 6.32. The van der Waals surface area contributed by atoms with E-state index in [0.717, 1.165) is 31.6 Å². The lowest BCUT2D eigenvalue weighted by Gasteiger charge is -2.20. The smallest absolute Gasteiger partial charge is 0.123 e. The van der Waals surface area contributed by atoms with E-state index >= 15 is 0 Å². The Morgan fingerprint density at radius 2 is 1.67 bits per heavy atom. The molecule has 0 aliphatic carbocycles. The molecule has 3 aromatic rings. The third-order valence-electron chi connectivity index (χ3n) is 5.83. The lowest BCUT2D eigenvalue weighted by atomic mass is 10.00. The molecule has 0 spiro atoms. The van der Waals surface area contributed by atoms with Gasteiger partial charge in [0.15, 0.2) is 0 Å². The highest BCUT2D eigenvalue weighted by Gasteiger charge is 2.20. The van der Waals surface area contributed by atoms with Crippen molar-refractivity contribution in [3.8, 4) is 5.75 Å². The second-order valence-electron chi connectivity index (χ2n) is 7.71. The predicted molar refractivity (Wildman–Crippen MR) is 114 cm³/mol. The van der Waals surface area contributed by atoms with Crippen molar-refractivity contribution < 1.29 is 4.74 Å². The Balaban J connectivity index is 1.49. The summed E-state index contributed by atoms with van der Waals surface area (Å²) in [5.74, 6) is 1.06. The van der Waals surface area contributed by atoms with E-state index in [1.54, 1.807) is 0 Å². The zero-order valence-corrected chi connectivity index (χ0v) is 16.2. The van der Waals surface area contributed by atoms with Crippen LogP contribution >= 0.6 is 0 Å². The summed E-state index contributed by atoms with van der Waals surface area (Å²) in [5.41, 5.74) is 2.70. The van der Waals surface area contributed by atoms with Crippen LogP contribution in [0.1, 0.15) is 30.4 Å². The van der Waals surface area contributed by atoms with Crippen LogP contribution in [-0.2, 0) is 12.8 Å². The first-order chi connectivity index (χ1) is 13.3. The molecular weight excluding hydrogens is 330 g/mol. The summed E-state index contributed by atoms with van der Waals surface area (Å²) in [5, 5.41) is 2.55. The number of benzene rings is 3. The van der Waals surface area contributed by atoms with E-state index in [1.807, 2.05) is 0 Å². The highest BCUT2D eigenvalue weighted by Crippen LogP contribution is 2.28. The molecule has 27 heavy (non-hydrogen) atoms. The van der Waals surface area contributed by atoms with E-state index in [4.69, 9.17) is 4.74 Å². The zero-order chi connectivity index (χ0) is 18.5. The first-order valence-electron chi connectivity index (χ1n) is 10.2. The summed E-state index contributed by atoms with van der Waals surface area (Å²) in [4.78, 5) is 2.47. The van der Waals surface area contributed by atoms with Gasteiger partial charge in [0.2, 0.25) is 0 Å². The second kappa shape index (κ2) is 8.58. The van der Waals surface area contributed by atoms with Crippen LogP contribution in [0.15, 0.2) is 66.7 Å². The summed E-state index contributed by atoms with van der Waals surface area (Å²) < 4.78 is 6.32. The Labute approximate surface area is 162 Å². The molecule has 1 atom stereocenters. The quantitative estimate of drug-likeness (QED) is 0.553. The molecule has 1 saturated heterocycles. The van der Waals surface area contributed by atoms with Crippen molar-refractivity contribution in [1.29, 1.82) is 0 Å². The van der Waals surface area contributed by atoms with Gasteiger partial charge in [-0.25, -0.2) is 0 Å². The summed E-state index contributed by atoms with van der Waals surface area (Å²) in [7, 11) is 2.24. The number of aryl methyl sites for hydroxylation is 2. The van der Waals surface area contributed by atoms with Gasteiger partial charge in [-0.1, -0.05) is 54.6 Å². The van der Waals surface area contributed by atoms with Crippen LogP contribution < -0.4 is 4.74 Å². The third-order valence-corrected chi connectivity index (χ3v) is 5.83. The van der Waals surface area contributed by atoms with E-state index in [9.17, 15) is 0 Å². The van der Waals surface area contributed by atoms with Crippen LogP contribution in [0.2, 0.25) is 0 Å². The topological polar surface area (TPSA) is 12.5 Å². The average Bonchev–Trinajstić information content (AvgIpc) is 3.12. The summed E-state index contributed by atoms with van der Waals surface area (Å²) in [6.07, 6.45) is 5.79. The summed E-state index contributed by atoms with van der Waals surface area (Å²) in [6, 6.07) is 24.5. The average molecular weight is 360 g/mol. The normalized spacial score (nSPS) is 17.4. The fourth-order valence-corrected chi connectivity index (χ4v) is 4.17. The van der Waals surface area contributed by atoms with Crippen molar-refractivity contribution >= 4 is 10.8 Å². The molecule has 2 heteroatoms. The number of hydrogen-bond donors (Lipinski definition) is 0. The zero-order valence-electron chi connectivity index (χ0n) is 16.2. The van der Waals surface area contributed by atoms with Crippen LogP contribution in [0.3, 0.4) is 0 Å². The van der Waals surface area contributed by atoms with Gasteiger partial charge in [-0.3, -0.25) is 0 Å². The molecule has 140 valence electrons. The molecule has 1 unspecified atom stereocenters. The summed E-state index contributed by atoms with van der Waals surface area (Å²) >= 11 is 0. The molecule has 1 heterocycles. The molecule has 1 aliphatic heterocycles. The standard InChI is InChI=1S/C25H29NO/c1-26-16-7-12-24(26)15-17-27-25-19-22-11-6-5-10-21(22)18-23(25)14-13-20-8-3-2-4-9-20/h2-6,8-11,18-19,24H,7,12-17H2,1H3. The lowest BCUT2D eigenvalue weighted by molar-refractivity contribution is 0.232. The number of ether oxygens (including phenoxy) is 1. The van der Waals surface area contributed by atoms with Gasteiger partial charge in [-0.2, -0.15) is 0 Å². The Bertz CT molecular complexity index is 874. The Morgan fingerprint density at radius 3 is 2.41 bits per heavy atom. The van der Waals surface area contributed by atoms with Crippen molar-refractivity contribution in [2.24, 2.45) is 0 Å². The Kier molecular flexibility index (Phi) is 5.74. The van der Waals surface area contributed by atoms with E-state index in [2.05, 4.69) is 78.7 Å². The number of likely N-dealkylation sites (tertiary alicyclic amines) is 1. The van der Waals surface area contributed by atoms with Gasteiger partial charge in [0, 0.05) is 6.04 Å². The molecule has 0 N–H and O–H groups in total. The monoisotopic (exact) mass is 359 g/mol. The van der Waals surface area contributed by atoms with E-state index in [0.29, 0.717) is 6.04 Å². The molecule has 1 fully saturated rings. The van der Waals surface area contributed by atoms with Gasteiger partial charge in [0.1, 0.15) is 5.75 Å². The molecule has 4 rings (SSSR count). The number of rotatable bonds is 7. The Hall–Kier alpha value is -2.32. The first kappa shape index (κ1) is 18.1. The SMILES string of the molecule is CN1CCCC1CCOc1cc2ccccc2cc1CCc1ccccc1. The fourth-order valence-electron chi connectivity index (χ4n) is 4.17. The highest BCUT2D eigenvalue weighted by atomic mass is 16.5. The third kappa shape index (κ3) is 4.51. The van der Waals surface area contributed by atoms with Crippen molar-refractivity contribution in [2.45, 2.75) is 38.1 Å². The minimum Gasteiger partial charge on any atom is -0.493 e. The first-order valence-corrected chi connectivity index (χ1v) is 10.2. The number of hydrogen-bond acceptors (Lipinski definition) is 2. The van der Waals surface area contributed by atoms with Gasteiger partial charge in [0.25, 0.3) is 0 Å². The van der Waals surface area contributed by atoms with Crippen molar-refractivity contribution in [1.82, 2.24) is 4.90 Å². The van der Waals surface area contributed by atoms with Crippen LogP contribution in [0.5, 0.6) is 5.75 Å². The van der Waals surface area contributed by atoms with Crippen LogP contribution in [0.4, 0.5) is 0 Å². The lowest BCUT2D eigenvalue weighted by Crippen LogP contribution is -2.26. The van der Waals surface area contributed by atoms with Gasteiger partial charge >= 0.3 is 0 Å². The largest absolute Gasteiger partial charge is 0.493 e.